The molecule has 3 nitrogen and oxygen atoms in total. The van der Waals surface area contributed by atoms with Gasteiger partial charge in [0.1, 0.15) is 5.03 Å². The van der Waals surface area contributed by atoms with E-state index in [1.807, 2.05) is 42.5 Å². The van der Waals surface area contributed by atoms with Crippen molar-refractivity contribution in [3.05, 3.63) is 53.0 Å². The maximum absolute atomic E-state index is 5.76. The average molecular weight is 332 g/mol. The number of halogens is 1. The summed E-state index contributed by atoms with van der Waals surface area (Å²) in [4.78, 5) is 9.69. The van der Waals surface area contributed by atoms with Crippen LogP contribution >= 0.6 is 27.7 Å². The lowest BCUT2D eigenvalue weighted by molar-refractivity contribution is 1.12. The van der Waals surface area contributed by atoms with Crippen molar-refractivity contribution in [1.82, 2.24) is 9.97 Å². The van der Waals surface area contributed by atoms with E-state index in [0.29, 0.717) is 5.95 Å². The van der Waals surface area contributed by atoms with Crippen LogP contribution in [0.3, 0.4) is 0 Å². The summed E-state index contributed by atoms with van der Waals surface area (Å²) in [5, 5.41) is 1.89. The van der Waals surface area contributed by atoms with Gasteiger partial charge in [-0.2, -0.15) is 0 Å². The Balaban J connectivity index is 2.09. The molecule has 0 aliphatic heterocycles. The molecule has 5 heteroatoms. The van der Waals surface area contributed by atoms with Gasteiger partial charge < -0.3 is 5.73 Å². The van der Waals surface area contributed by atoms with E-state index >= 15 is 0 Å². The standard InChI is InChI=1S/C14H10BrN3S/c15-9-4-3-5-10(8-9)19-13-11-6-1-2-7-12(11)17-14(16)18-13/h1-8H,(H2,16,17,18). The fraction of sp³-hybridized carbons (Fsp3) is 0. The number of benzene rings is 2. The number of hydrogen-bond acceptors (Lipinski definition) is 4. The third-order valence-corrected chi connectivity index (χ3v) is 4.08. The van der Waals surface area contributed by atoms with Crippen molar-refractivity contribution in [3.63, 3.8) is 0 Å². The van der Waals surface area contributed by atoms with Crippen molar-refractivity contribution in [2.24, 2.45) is 0 Å². The van der Waals surface area contributed by atoms with Crippen LogP contribution in [0.2, 0.25) is 0 Å². The van der Waals surface area contributed by atoms with Crippen molar-refractivity contribution in [1.29, 1.82) is 0 Å². The Morgan fingerprint density at radius 2 is 1.84 bits per heavy atom. The van der Waals surface area contributed by atoms with Gasteiger partial charge in [-0.25, -0.2) is 9.97 Å². The van der Waals surface area contributed by atoms with E-state index in [0.717, 1.165) is 25.3 Å². The topological polar surface area (TPSA) is 51.8 Å². The van der Waals surface area contributed by atoms with Gasteiger partial charge in [0.15, 0.2) is 0 Å². The maximum atomic E-state index is 5.76. The summed E-state index contributed by atoms with van der Waals surface area (Å²) in [6.07, 6.45) is 0. The summed E-state index contributed by atoms with van der Waals surface area (Å²) >= 11 is 5.05. The average Bonchev–Trinajstić information content (AvgIpc) is 2.38. The Morgan fingerprint density at radius 1 is 1.00 bits per heavy atom. The Morgan fingerprint density at radius 3 is 2.68 bits per heavy atom. The van der Waals surface area contributed by atoms with Gasteiger partial charge in [-0.1, -0.05) is 52.0 Å². The van der Waals surface area contributed by atoms with Crippen molar-refractivity contribution in [2.45, 2.75) is 9.92 Å². The minimum Gasteiger partial charge on any atom is -0.368 e. The first kappa shape index (κ1) is 12.4. The molecule has 0 spiro atoms. The molecule has 19 heavy (non-hydrogen) atoms. The monoisotopic (exact) mass is 331 g/mol. The van der Waals surface area contributed by atoms with Crippen molar-refractivity contribution < 1.29 is 0 Å². The molecule has 3 aromatic rings. The molecule has 0 saturated carbocycles. The van der Waals surface area contributed by atoms with Crippen LogP contribution in [-0.2, 0) is 0 Å². The first-order chi connectivity index (χ1) is 9.22. The molecule has 2 N–H and O–H groups in total. The van der Waals surface area contributed by atoms with Gasteiger partial charge >= 0.3 is 0 Å². The third kappa shape index (κ3) is 2.72. The smallest absolute Gasteiger partial charge is 0.221 e. The normalized spacial score (nSPS) is 10.8. The quantitative estimate of drug-likeness (QED) is 0.717. The Bertz CT molecular complexity index is 746. The zero-order chi connectivity index (χ0) is 13.2. The molecule has 0 fully saturated rings. The number of nitrogens with two attached hydrogens (primary N) is 1. The fourth-order valence-corrected chi connectivity index (χ4v) is 3.31. The second-order valence-electron chi connectivity index (χ2n) is 3.96. The van der Waals surface area contributed by atoms with Crippen LogP contribution in [0.15, 0.2) is 62.9 Å². The lowest BCUT2D eigenvalue weighted by atomic mass is 10.2. The number of nitrogen functional groups attached to an aromatic ring is 1. The Labute approximate surface area is 123 Å². The lowest BCUT2D eigenvalue weighted by Gasteiger charge is -2.06. The summed E-state index contributed by atoms with van der Waals surface area (Å²) in [7, 11) is 0. The van der Waals surface area contributed by atoms with Crippen LogP contribution in [0.1, 0.15) is 0 Å². The predicted octanol–water partition coefficient (Wildman–Crippen LogP) is 4.13. The minimum absolute atomic E-state index is 0.302. The number of fused-ring (bicyclic) bond motifs is 1. The van der Waals surface area contributed by atoms with Crippen LogP contribution in [0.25, 0.3) is 10.9 Å². The molecule has 1 heterocycles. The number of nitrogens with zero attached hydrogens (tertiary/aromatic N) is 2. The molecular formula is C14H10BrN3S. The number of para-hydroxylation sites is 1. The van der Waals surface area contributed by atoms with Crippen LogP contribution in [0, 0.1) is 0 Å². The number of anilines is 1. The van der Waals surface area contributed by atoms with E-state index in [4.69, 9.17) is 5.73 Å². The van der Waals surface area contributed by atoms with Gasteiger partial charge in [0.05, 0.1) is 5.52 Å². The molecular weight excluding hydrogens is 322 g/mol. The van der Waals surface area contributed by atoms with Crippen LogP contribution in [-0.4, -0.2) is 9.97 Å². The van der Waals surface area contributed by atoms with Crippen molar-refractivity contribution in [2.75, 3.05) is 5.73 Å². The molecule has 94 valence electrons. The van der Waals surface area contributed by atoms with Crippen molar-refractivity contribution >= 4 is 44.5 Å². The SMILES string of the molecule is Nc1nc(Sc2cccc(Br)c2)c2ccccc2n1. The van der Waals surface area contributed by atoms with Gasteiger partial charge in [-0.05, 0) is 24.3 Å². The highest BCUT2D eigenvalue weighted by Crippen LogP contribution is 2.32. The summed E-state index contributed by atoms with van der Waals surface area (Å²) < 4.78 is 1.05. The van der Waals surface area contributed by atoms with E-state index in [2.05, 4.69) is 32.0 Å². The molecule has 0 saturated heterocycles. The van der Waals surface area contributed by atoms with E-state index in [-0.39, 0.29) is 0 Å². The van der Waals surface area contributed by atoms with E-state index in [9.17, 15) is 0 Å². The number of rotatable bonds is 2. The zero-order valence-corrected chi connectivity index (χ0v) is 12.3. The highest BCUT2D eigenvalue weighted by molar-refractivity contribution is 9.10. The number of hydrogen-bond donors (Lipinski definition) is 1. The summed E-state index contributed by atoms with van der Waals surface area (Å²) in [6, 6.07) is 16.0. The van der Waals surface area contributed by atoms with Gasteiger partial charge in [0.25, 0.3) is 0 Å². The van der Waals surface area contributed by atoms with E-state index in [1.165, 1.54) is 0 Å². The lowest BCUT2D eigenvalue weighted by Crippen LogP contribution is -1.96. The van der Waals surface area contributed by atoms with Gasteiger partial charge in [-0.15, -0.1) is 0 Å². The largest absolute Gasteiger partial charge is 0.368 e. The molecule has 0 bridgehead atoms. The second-order valence-corrected chi connectivity index (χ2v) is 5.94. The number of aromatic nitrogens is 2. The predicted molar refractivity (Wildman–Crippen MR) is 82.2 cm³/mol. The maximum Gasteiger partial charge on any atom is 0.221 e. The summed E-state index contributed by atoms with van der Waals surface area (Å²) in [6.45, 7) is 0. The van der Waals surface area contributed by atoms with Crippen molar-refractivity contribution in [3.8, 4) is 0 Å². The van der Waals surface area contributed by atoms with Gasteiger partial charge in [0, 0.05) is 14.8 Å². The van der Waals surface area contributed by atoms with E-state index in [1.54, 1.807) is 11.8 Å². The first-order valence-corrected chi connectivity index (χ1v) is 7.29. The van der Waals surface area contributed by atoms with Gasteiger partial charge in [-0.3, -0.25) is 0 Å². The molecule has 0 radical (unpaired) electrons. The van der Waals surface area contributed by atoms with Crippen LogP contribution in [0.4, 0.5) is 5.95 Å². The van der Waals surface area contributed by atoms with E-state index < -0.39 is 0 Å². The Kier molecular flexibility index (Phi) is 3.40. The fourth-order valence-electron chi connectivity index (χ4n) is 1.78. The highest BCUT2D eigenvalue weighted by Gasteiger charge is 2.07. The molecule has 1 aromatic heterocycles. The molecule has 0 aliphatic rings. The molecule has 3 rings (SSSR count). The zero-order valence-electron chi connectivity index (χ0n) is 9.88. The van der Waals surface area contributed by atoms with Gasteiger partial charge in [0.2, 0.25) is 5.95 Å². The first-order valence-electron chi connectivity index (χ1n) is 5.68. The molecule has 0 atom stereocenters. The summed E-state index contributed by atoms with van der Waals surface area (Å²) in [5.41, 5.74) is 6.63. The second kappa shape index (κ2) is 5.19. The van der Waals surface area contributed by atoms with Crippen LogP contribution < -0.4 is 5.73 Å². The third-order valence-electron chi connectivity index (χ3n) is 2.60. The highest BCUT2D eigenvalue weighted by atomic mass is 79.9. The minimum atomic E-state index is 0.302. The molecule has 0 amide bonds. The molecule has 2 aromatic carbocycles. The summed E-state index contributed by atoms with van der Waals surface area (Å²) in [5.74, 6) is 0.302. The molecule has 0 aliphatic carbocycles. The van der Waals surface area contributed by atoms with Crippen LogP contribution in [0.5, 0.6) is 0 Å². The Hall–Kier alpha value is -1.59. The molecule has 0 unspecified atom stereocenters.